The Morgan fingerprint density at radius 2 is 1.84 bits per heavy atom. The number of amides is 3. The lowest BCUT2D eigenvalue weighted by molar-refractivity contribution is -0.127. The molecule has 0 bridgehead atoms. The third-order valence-electron chi connectivity index (χ3n) is 4.05. The molecule has 2 aromatic rings. The third kappa shape index (κ3) is 5.08. The first-order valence-electron chi connectivity index (χ1n) is 9.11. The Labute approximate surface area is 180 Å². The summed E-state index contributed by atoms with van der Waals surface area (Å²) in [6.45, 7) is 2.97. The number of carbonyl (C=O) groups is 3. The number of hydrogen-bond donors (Lipinski definition) is 1. The zero-order valence-electron chi connectivity index (χ0n) is 16.4. The second-order valence-corrected chi connectivity index (χ2v) is 7.74. The van der Waals surface area contributed by atoms with Crippen molar-refractivity contribution in [2.45, 2.75) is 20.0 Å². The normalized spacial score (nSPS) is 15.2. The van der Waals surface area contributed by atoms with Gasteiger partial charge in [-0.2, -0.15) is 0 Å². The number of anilines is 1. The smallest absolute Gasteiger partial charge is 0.294 e. The topological polar surface area (TPSA) is 75.7 Å². The largest absolute Gasteiger partial charge is 0.490 e. The molecule has 0 saturated carbocycles. The highest BCUT2D eigenvalue weighted by Gasteiger charge is 2.36. The van der Waals surface area contributed by atoms with Crippen LogP contribution in [0.5, 0.6) is 5.75 Å². The Morgan fingerprint density at radius 1 is 1.13 bits per heavy atom. The minimum atomic E-state index is -1.74. The van der Waals surface area contributed by atoms with Gasteiger partial charge in [0.1, 0.15) is 12.3 Å². The van der Waals surface area contributed by atoms with Gasteiger partial charge in [0.15, 0.2) is 17.5 Å². The molecule has 31 heavy (non-hydrogen) atoms. The van der Waals surface area contributed by atoms with Crippen molar-refractivity contribution in [3.05, 3.63) is 64.3 Å². The van der Waals surface area contributed by atoms with Crippen LogP contribution < -0.4 is 10.1 Å². The number of thioether (sulfide) groups is 1. The maximum Gasteiger partial charge on any atom is 0.294 e. The molecule has 1 aliphatic heterocycles. The van der Waals surface area contributed by atoms with Crippen LogP contribution in [0, 0.1) is 17.5 Å². The van der Waals surface area contributed by atoms with Gasteiger partial charge < -0.3 is 10.1 Å². The van der Waals surface area contributed by atoms with Gasteiger partial charge in [-0.15, -0.1) is 0 Å². The van der Waals surface area contributed by atoms with Crippen molar-refractivity contribution in [2.75, 3.05) is 11.9 Å². The summed E-state index contributed by atoms with van der Waals surface area (Å²) in [6, 6.07) is 8.43. The Hall–Kier alpha value is -3.27. The van der Waals surface area contributed by atoms with Gasteiger partial charge in [-0.1, -0.05) is 18.2 Å². The number of rotatable bonds is 6. The van der Waals surface area contributed by atoms with Crippen LogP contribution in [0.1, 0.15) is 19.4 Å². The summed E-state index contributed by atoms with van der Waals surface area (Å²) in [7, 11) is 0. The number of halogens is 3. The minimum Gasteiger partial charge on any atom is -0.490 e. The van der Waals surface area contributed by atoms with E-state index < -0.39 is 46.7 Å². The fourth-order valence-electron chi connectivity index (χ4n) is 2.69. The summed E-state index contributed by atoms with van der Waals surface area (Å²) in [5.74, 6) is -5.87. The van der Waals surface area contributed by atoms with Crippen LogP contribution >= 0.6 is 11.8 Å². The summed E-state index contributed by atoms with van der Waals surface area (Å²) in [5, 5.41) is 1.33. The molecule has 0 aliphatic carbocycles. The fourth-order valence-corrected chi connectivity index (χ4v) is 3.52. The van der Waals surface area contributed by atoms with Crippen molar-refractivity contribution in [1.29, 1.82) is 0 Å². The molecule has 3 rings (SSSR count). The van der Waals surface area contributed by atoms with Crippen LogP contribution in [0.2, 0.25) is 0 Å². The van der Waals surface area contributed by atoms with Crippen molar-refractivity contribution >= 4 is 40.6 Å². The van der Waals surface area contributed by atoms with Gasteiger partial charge in [-0.3, -0.25) is 19.3 Å². The number of nitrogens with zero attached hydrogens (tertiary/aromatic N) is 1. The zero-order valence-corrected chi connectivity index (χ0v) is 17.3. The van der Waals surface area contributed by atoms with Crippen LogP contribution in [0.25, 0.3) is 6.08 Å². The van der Waals surface area contributed by atoms with E-state index in [1.54, 1.807) is 24.3 Å². The van der Waals surface area contributed by atoms with E-state index in [2.05, 4.69) is 0 Å². The third-order valence-corrected chi connectivity index (χ3v) is 4.96. The van der Waals surface area contributed by atoms with Crippen LogP contribution in [-0.2, 0) is 9.59 Å². The molecule has 1 N–H and O–H groups in total. The van der Waals surface area contributed by atoms with Gasteiger partial charge in [0.05, 0.1) is 16.7 Å². The molecular weight excluding hydrogens is 433 g/mol. The number of ether oxygens (including phenoxy) is 1. The van der Waals surface area contributed by atoms with Crippen LogP contribution in [0.15, 0.2) is 41.3 Å². The van der Waals surface area contributed by atoms with Gasteiger partial charge in [-0.25, -0.2) is 13.2 Å². The number of para-hydroxylation sites is 1. The molecule has 1 saturated heterocycles. The van der Waals surface area contributed by atoms with E-state index >= 15 is 0 Å². The van der Waals surface area contributed by atoms with Gasteiger partial charge in [-0.05, 0) is 49.9 Å². The SMILES string of the molecule is CC(C)Oc1ccccc1/C=C1\SC(=O)N(CC(=O)Nc2ccc(F)c(F)c2F)C1=O. The molecule has 0 radical (unpaired) electrons. The predicted octanol–water partition coefficient (Wildman–Crippen LogP) is 4.57. The maximum atomic E-state index is 13.7. The number of imide groups is 1. The van der Waals surface area contributed by atoms with E-state index in [0.29, 0.717) is 34.0 Å². The molecule has 2 aromatic carbocycles. The first-order valence-corrected chi connectivity index (χ1v) is 9.93. The highest BCUT2D eigenvalue weighted by atomic mass is 32.2. The molecule has 1 heterocycles. The molecule has 1 aliphatic rings. The van der Waals surface area contributed by atoms with Crippen LogP contribution in [0.3, 0.4) is 0 Å². The van der Waals surface area contributed by atoms with E-state index in [9.17, 15) is 27.6 Å². The van der Waals surface area contributed by atoms with Gasteiger partial charge >= 0.3 is 0 Å². The van der Waals surface area contributed by atoms with Crippen molar-refractivity contribution < 1.29 is 32.3 Å². The standard InChI is InChI=1S/C21H17F3N2O4S/c1-11(2)30-15-6-4-3-5-12(15)9-16-20(28)26(21(29)31-16)10-17(27)25-14-8-7-13(22)18(23)19(14)24/h3-9,11H,10H2,1-2H3,(H,25,27)/b16-9-. The second-order valence-electron chi connectivity index (χ2n) is 6.74. The van der Waals surface area contributed by atoms with Gasteiger partial charge in [0, 0.05) is 5.56 Å². The van der Waals surface area contributed by atoms with E-state index in [1.165, 1.54) is 6.08 Å². The summed E-state index contributed by atoms with van der Waals surface area (Å²) < 4.78 is 45.7. The average Bonchev–Trinajstić information content (AvgIpc) is 2.97. The fraction of sp³-hybridized carbons (Fsp3) is 0.190. The molecule has 1 fully saturated rings. The second kappa shape index (κ2) is 9.25. The number of nitrogens with one attached hydrogen (secondary N) is 1. The average molecular weight is 450 g/mol. The van der Waals surface area contributed by atoms with Crippen LogP contribution in [-0.4, -0.2) is 34.6 Å². The van der Waals surface area contributed by atoms with E-state index in [1.807, 2.05) is 19.2 Å². The number of hydrogen-bond acceptors (Lipinski definition) is 5. The maximum absolute atomic E-state index is 13.7. The highest BCUT2D eigenvalue weighted by Crippen LogP contribution is 2.34. The number of benzene rings is 2. The first kappa shape index (κ1) is 22.4. The lowest BCUT2D eigenvalue weighted by Crippen LogP contribution is -2.36. The molecule has 0 unspecified atom stereocenters. The van der Waals surface area contributed by atoms with Crippen LogP contribution in [0.4, 0.5) is 23.7 Å². The summed E-state index contributed by atoms with van der Waals surface area (Å²) in [5.41, 5.74) is -0.0267. The molecule has 3 amide bonds. The van der Waals surface area contributed by atoms with Crippen molar-refractivity contribution in [3.8, 4) is 5.75 Å². The van der Waals surface area contributed by atoms with E-state index in [0.717, 1.165) is 6.07 Å². The molecule has 0 atom stereocenters. The first-order chi connectivity index (χ1) is 14.7. The van der Waals surface area contributed by atoms with Crippen molar-refractivity contribution in [1.82, 2.24) is 4.90 Å². The lowest BCUT2D eigenvalue weighted by atomic mass is 10.2. The highest BCUT2D eigenvalue weighted by molar-refractivity contribution is 8.18. The lowest BCUT2D eigenvalue weighted by Gasteiger charge is -2.13. The molecule has 10 heteroatoms. The summed E-state index contributed by atoms with van der Waals surface area (Å²) in [6.07, 6.45) is 1.38. The Morgan fingerprint density at radius 3 is 2.55 bits per heavy atom. The zero-order chi connectivity index (χ0) is 22.7. The quantitative estimate of drug-likeness (QED) is 0.516. The van der Waals surface area contributed by atoms with E-state index in [4.69, 9.17) is 4.74 Å². The Kier molecular flexibility index (Phi) is 6.69. The van der Waals surface area contributed by atoms with Crippen molar-refractivity contribution in [2.24, 2.45) is 0 Å². The summed E-state index contributed by atoms with van der Waals surface area (Å²) >= 11 is 0.639. The number of carbonyl (C=O) groups excluding carboxylic acids is 3. The van der Waals surface area contributed by atoms with Gasteiger partial charge in [0.25, 0.3) is 11.1 Å². The molecule has 0 aromatic heterocycles. The van der Waals surface area contributed by atoms with Crippen molar-refractivity contribution in [3.63, 3.8) is 0 Å². The monoisotopic (exact) mass is 450 g/mol. The molecular formula is C21H17F3N2O4S. The molecule has 6 nitrogen and oxygen atoms in total. The Bertz CT molecular complexity index is 1090. The van der Waals surface area contributed by atoms with Gasteiger partial charge in [0.2, 0.25) is 5.91 Å². The van der Waals surface area contributed by atoms with E-state index in [-0.39, 0.29) is 11.0 Å². The molecule has 0 spiro atoms. The Balaban J connectivity index is 1.75. The predicted molar refractivity (Wildman–Crippen MR) is 110 cm³/mol. The molecule has 162 valence electrons. The minimum absolute atomic E-state index is 0.0802. The summed E-state index contributed by atoms with van der Waals surface area (Å²) in [4.78, 5) is 37.8.